The Kier molecular flexibility index (Phi) is 6.01. The average molecular weight is 298 g/mol. The third-order valence-corrected chi connectivity index (χ3v) is 4.09. The van der Waals surface area contributed by atoms with E-state index in [0.717, 1.165) is 6.42 Å². The van der Waals surface area contributed by atoms with E-state index < -0.39 is 10.0 Å². The van der Waals surface area contributed by atoms with Gasteiger partial charge in [0.2, 0.25) is 10.0 Å². The zero-order chi connectivity index (χ0) is 15.2. The van der Waals surface area contributed by atoms with E-state index in [9.17, 15) is 13.2 Å². The Morgan fingerprint density at radius 3 is 2.60 bits per heavy atom. The van der Waals surface area contributed by atoms with E-state index in [1.54, 1.807) is 25.1 Å². The van der Waals surface area contributed by atoms with Gasteiger partial charge in [-0.15, -0.1) is 0 Å². The predicted octanol–water partition coefficient (Wildman–Crippen LogP) is 2.22. The van der Waals surface area contributed by atoms with Gasteiger partial charge in [0.05, 0.1) is 5.75 Å². The van der Waals surface area contributed by atoms with Gasteiger partial charge >= 0.3 is 0 Å². The van der Waals surface area contributed by atoms with Crippen molar-refractivity contribution in [2.45, 2.75) is 27.2 Å². The Bertz CT molecular complexity index is 553. The molecule has 112 valence electrons. The molecule has 0 heterocycles. The number of nitrogens with one attached hydrogen (secondary N) is 2. The van der Waals surface area contributed by atoms with Crippen molar-refractivity contribution in [1.82, 2.24) is 5.32 Å². The Balaban J connectivity index is 2.70. The Morgan fingerprint density at radius 1 is 1.30 bits per heavy atom. The first-order chi connectivity index (χ1) is 9.34. The van der Waals surface area contributed by atoms with Gasteiger partial charge in [-0.3, -0.25) is 9.52 Å². The van der Waals surface area contributed by atoms with Gasteiger partial charge in [0.15, 0.2) is 0 Å². The summed E-state index contributed by atoms with van der Waals surface area (Å²) in [7, 11) is -3.32. The molecule has 0 radical (unpaired) electrons. The van der Waals surface area contributed by atoms with Crippen molar-refractivity contribution in [3.63, 3.8) is 0 Å². The lowest BCUT2D eigenvalue weighted by atomic mass is 10.1. The maximum Gasteiger partial charge on any atom is 0.251 e. The lowest BCUT2D eigenvalue weighted by Crippen LogP contribution is -2.25. The standard InChI is InChI=1S/C14H22N2O3S/c1-4-20(18,19)16-13-7-5-6-12(10-13)14(17)15-9-8-11(2)3/h5-7,10-11,16H,4,8-9H2,1-3H3,(H,15,17). The third kappa shape index (κ3) is 5.61. The van der Waals surface area contributed by atoms with E-state index in [-0.39, 0.29) is 11.7 Å². The molecule has 0 saturated heterocycles. The van der Waals surface area contributed by atoms with Crippen molar-refractivity contribution in [1.29, 1.82) is 0 Å². The molecule has 0 unspecified atom stereocenters. The van der Waals surface area contributed by atoms with Gasteiger partial charge in [-0.2, -0.15) is 0 Å². The quantitative estimate of drug-likeness (QED) is 0.810. The molecule has 5 nitrogen and oxygen atoms in total. The summed E-state index contributed by atoms with van der Waals surface area (Å²) in [6.45, 7) is 6.35. The van der Waals surface area contributed by atoms with Gasteiger partial charge in [-0.25, -0.2) is 8.42 Å². The highest BCUT2D eigenvalue weighted by Gasteiger charge is 2.10. The van der Waals surface area contributed by atoms with Gasteiger partial charge < -0.3 is 5.32 Å². The fourth-order valence-corrected chi connectivity index (χ4v) is 2.18. The summed E-state index contributed by atoms with van der Waals surface area (Å²) >= 11 is 0. The van der Waals surface area contributed by atoms with Crippen LogP contribution in [-0.4, -0.2) is 26.6 Å². The third-order valence-electron chi connectivity index (χ3n) is 2.79. The number of hydrogen-bond acceptors (Lipinski definition) is 3. The molecule has 20 heavy (non-hydrogen) atoms. The van der Waals surface area contributed by atoms with Crippen molar-refractivity contribution in [3.05, 3.63) is 29.8 Å². The second kappa shape index (κ2) is 7.28. The molecule has 1 aromatic carbocycles. The number of anilines is 1. The summed E-state index contributed by atoms with van der Waals surface area (Å²) in [5, 5.41) is 2.82. The van der Waals surface area contributed by atoms with Crippen molar-refractivity contribution in [2.24, 2.45) is 5.92 Å². The zero-order valence-electron chi connectivity index (χ0n) is 12.1. The summed E-state index contributed by atoms with van der Waals surface area (Å²) in [5.41, 5.74) is 0.855. The van der Waals surface area contributed by atoms with Crippen LogP contribution in [-0.2, 0) is 10.0 Å². The van der Waals surface area contributed by atoms with Crippen LogP contribution in [0.3, 0.4) is 0 Å². The van der Waals surface area contributed by atoms with Crippen LogP contribution in [0.15, 0.2) is 24.3 Å². The first-order valence-electron chi connectivity index (χ1n) is 6.73. The molecular weight excluding hydrogens is 276 g/mol. The molecule has 0 atom stereocenters. The largest absolute Gasteiger partial charge is 0.352 e. The molecule has 0 saturated carbocycles. The molecule has 0 bridgehead atoms. The summed E-state index contributed by atoms with van der Waals surface area (Å²) in [4.78, 5) is 11.9. The SMILES string of the molecule is CCS(=O)(=O)Nc1cccc(C(=O)NCCC(C)C)c1. The minimum atomic E-state index is -3.32. The lowest BCUT2D eigenvalue weighted by molar-refractivity contribution is 0.0952. The first-order valence-corrected chi connectivity index (χ1v) is 8.38. The van der Waals surface area contributed by atoms with Crippen molar-refractivity contribution < 1.29 is 13.2 Å². The summed E-state index contributed by atoms with van der Waals surface area (Å²) in [5.74, 6) is 0.332. The molecular formula is C14H22N2O3S. The van der Waals surface area contributed by atoms with Crippen LogP contribution in [0.25, 0.3) is 0 Å². The number of hydrogen-bond donors (Lipinski definition) is 2. The van der Waals surface area contributed by atoms with E-state index in [0.29, 0.717) is 23.7 Å². The van der Waals surface area contributed by atoms with Crippen LogP contribution in [0, 0.1) is 5.92 Å². The first kappa shape index (κ1) is 16.5. The highest BCUT2D eigenvalue weighted by molar-refractivity contribution is 7.92. The highest BCUT2D eigenvalue weighted by atomic mass is 32.2. The van der Waals surface area contributed by atoms with Crippen LogP contribution in [0.1, 0.15) is 37.6 Å². The minimum absolute atomic E-state index is 0.00217. The number of carbonyl (C=O) groups is 1. The van der Waals surface area contributed by atoms with Gasteiger partial charge in [0.25, 0.3) is 5.91 Å². The molecule has 1 amide bonds. The average Bonchev–Trinajstić information content (AvgIpc) is 2.38. The molecule has 6 heteroatoms. The highest BCUT2D eigenvalue weighted by Crippen LogP contribution is 2.12. The van der Waals surface area contributed by atoms with E-state index in [1.807, 2.05) is 0 Å². The van der Waals surface area contributed by atoms with Crippen LogP contribution in [0.4, 0.5) is 5.69 Å². The Hall–Kier alpha value is -1.56. The number of carbonyl (C=O) groups excluding carboxylic acids is 1. The van der Waals surface area contributed by atoms with E-state index in [4.69, 9.17) is 0 Å². The second-order valence-corrected chi connectivity index (χ2v) is 7.04. The number of benzene rings is 1. The molecule has 0 fully saturated rings. The van der Waals surface area contributed by atoms with Crippen molar-refractivity contribution in [3.8, 4) is 0 Å². The maximum atomic E-state index is 11.9. The molecule has 0 aliphatic rings. The fourth-order valence-electron chi connectivity index (χ4n) is 1.55. The van der Waals surface area contributed by atoms with Crippen molar-refractivity contribution >= 4 is 21.6 Å². The van der Waals surface area contributed by atoms with E-state index in [2.05, 4.69) is 23.9 Å². The van der Waals surface area contributed by atoms with Crippen LogP contribution in [0.2, 0.25) is 0 Å². The molecule has 0 aromatic heterocycles. The maximum absolute atomic E-state index is 11.9. The predicted molar refractivity (Wildman–Crippen MR) is 81.3 cm³/mol. The van der Waals surface area contributed by atoms with Gasteiger partial charge in [-0.05, 0) is 37.5 Å². The molecule has 1 rings (SSSR count). The summed E-state index contributed by atoms with van der Waals surface area (Å²) in [6.07, 6.45) is 0.911. The zero-order valence-corrected chi connectivity index (χ0v) is 13.0. The molecule has 0 aliphatic carbocycles. The normalized spacial score (nSPS) is 11.4. The molecule has 1 aromatic rings. The monoisotopic (exact) mass is 298 g/mol. The van der Waals surface area contributed by atoms with Gasteiger partial charge in [0, 0.05) is 17.8 Å². The smallest absolute Gasteiger partial charge is 0.251 e. The van der Waals surface area contributed by atoms with Crippen LogP contribution in [0.5, 0.6) is 0 Å². The van der Waals surface area contributed by atoms with E-state index in [1.165, 1.54) is 6.07 Å². The Morgan fingerprint density at radius 2 is 2.00 bits per heavy atom. The molecule has 0 spiro atoms. The second-order valence-electron chi connectivity index (χ2n) is 5.02. The summed E-state index contributed by atoms with van der Waals surface area (Å²) < 4.78 is 25.4. The van der Waals surface area contributed by atoms with Gasteiger partial charge in [0.1, 0.15) is 0 Å². The van der Waals surface area contributed by atoms with Crippen LogP contribution >= 0.6 is 0 Å². The number of sulfonamides is 1. The summed E-state index contributed by atoms with van der Waals surface area (Å²) in [6, 6.07) is 6.48. The van der Waals surface area contributed by atoms with Crippen molar-refractivity contribution in [2.75, 3.05) is 17.0 Å². The lowest BCUT2D eigenvalue weighted by Gasteiger charge is -2.09. The van der Waals surface area contributed by atoms with Gasteiger partial charge in [-0.1, -0.05) is 19.9 Å². The van der Waals surface area contributed by atoms with Crippen LogP contribution < -0.4 is 10.0 Å². The van der Waals surface area contributed by atoms with E-state index >= 15 is 0 Å². The Labute approximate surface area is 120 Å². The fraction of sp³-hybridized carbons (Fsp3) is 0.500. The topological polar surface area (TPSA) is 75.3 Å². The minimum Gasteiger partial charge on any atom is -0.352 e. The molecule has 0 aliphatic heterocycles. The molecule has 2 N–H and O–H groups in total. The number of rotatable bonds is 7. The number of amides is 1.